The van der Waals surface area contributed by atoms with Gasteiger partial charge in [-0.2, -0.15) is 0 Å². The van der Waals surface area contributed by atoms with Gasteiger partial charge in [0.2, 0.25) is 0 Å². The summed E-state index contributed by atoms with van der Waals surface area (Å²) >= 11 is 0. The molecule has 0 aliphatic carbocycles. The quantitative estimate of drug-likeness (QED) is 0.563. The minimum Gasteiger partial charge on any atom is -0.316 e. The lowest BCUT2D eigenvalue weighted by atomic mass is 10.0. The van der Waals surface area contributed by atoms with Crippen LogP contribution in [0.2, 0.25) is 0 Å². The summed E-state index contributed by atoms with van der Waals surface area (Å²) in [5.74, 6) is 1.45. The number of nitrogens with zero attached hydrogens (tertiary/aromatic N) is 2. The number of hydrogen-bond acceptors (Lipinski definition) is 3. The summed E-state index contributed by atoms with van der Waals surface area (Å²) in [6, 6.07) is 0.659. The lowest BCUT2D eigenvalue weighted by Gasteiger charge is -2.33. The van der Waals surface area contributed by atoms with Crippen LogP contribution in [0.25, 0.3) is 0 Å². The average molecular weight is 300 g/mol. The highest BCUT2D eigenvalue weighted by Crippen LogP contribution is 2.11. The molecular weight excluding hydrogens is 258 g/mol. The molecular formula is C18H41N3. The van der Waals surface area contributed by atoms with Crippen molar-refractivity contribution in [3.05, 3.63) is 0 Å². The van der Waals surface area contributed by atoms with E-state index in [9.17, 15) is 0 Å². The van der Waals surface area contributed by atoms with Gasteiger partial charge in [0.25, 0.3) is 0 Å². The maximum atomic E-state index is 3.60. The normalized spacial score (nSPS) is 15.1. The van der Waals surface area contributed by atoms with Gasteiger partial charge in [-0.15, -0.1) is 0 Å². The first-order chi connectivity index (χ1) is 9.96. The molecule has 0 aromatic heterocycles. The van der Waals surface area contributed by atoms with Crippen molar-refractivity contribution in [2.24, 2.45) is 11.8 Å². The van der Waals surface area contributed by atoms with Gasteiger partial charge in [0.1, 0.15) is 0 Å². The lowest BCUT2D eigenvalue weighted by molar-refractivity contribution is 0.156. The van der Waals surface area contributed by atoms with Crippen molar-refractivity contribution in [2.75, 3.05) is 45.8 Å². The van der Waals surface area contributed by atoms with Crippen LogP contribution >= 0.6 is 0 Å². The third-order valence-electron chi connectivity index (χ3n) is 4.64. The molecule has 0 heterocycles. The Morgan fingerprint density at radius 3 is 1.90 bits per heavy atom. The van der Waals surface area contributed by atoms with Gasteiger partial charge in [-0.1, -0.05) is 41.5 Å². The molecule has 2 atom stereocenters. The van der Waals surface area contributed by atoms with Crippen LogP contribution in [0.5, 0.6) is 0 Å². The molecule has 128 valence electrons. The SMILES string of the molecule is CCN(CC)CCCN(CC)C(C)C(C)CNCC(C)C. The largest absolute Gasteiger partial charge is 0.316 e. The summed E-state index contributed by atoms with van der Waals surface area (Å²) < 4.78 is 0. The average Bonchev–Trinajstić information content (AvgIpc) is 2.46. The molecule has 0 saturated carbocycles. The molecule has 21 heavy (non-hydrogen) atoms. The molecule has 0 radical (unpaired) electrons. The van der Waals surface area contributed by atoms with Gasteiger partial charge < -0.3 is 15.1 Å². The lowest BCUT2D eigenvalue weighted by Crippen LogP contribution is -2.42. The highest BCUT2D eigenvalue weighted by molar-refractivity contribution is 4.74. The third kappa shape index (κ3) is 9.49. The van der Waals surface area contributed by atoms with Crippen LogP contribution in [0, 0.1) is 11.8 Å². The van der Waals surface area contributed by atoms with E-state index in [0.717, 1.165) is 25.6 Å². The van der Waals surface area contributed by atoms with E-state index in [1.54, 1.807) is 0 Å². The van der Waals surface area contributed by atoms with E-state index >= 15 is 0 Å². The van der Waals surface area contributed by atoms with Crippen LogP contribution in [-0.2, 0) is 0 Å². The van der Waals surface area contributed by atoms with Crippen molar-refractivity contribution in [3.8, 4) is 0 Å². The fraction of sp³-hybridized carbons (Fsp3) is 1.00. The Hall–Kier alpha value is -0.120. The molecule has 0 saturated heterocycles. The Bertz CT molecular complexity index is 227. The van der Waals surface area contributed by atoms with Crippen molar-refractivity contribution in [1.29, 1.82) is 0 Å². The highest BCUT2D eigenvalue weighted by atomic mass is 15.2. The van der Waals surface area contributed by atoms with Gasteiger partial charge >= 0.3 is 0 Å². The zero-order valence-corrected chi connectivity index (χ0v) is 15.8. The van der Waals surface area contributed by atoms with Gasteiger partial charge in [0.05, 0.1) is 0 Å². The number of nitrogens with one attached hydrogen (secondary N) is 1. The van der Waals surface area contributed by atoms with Gasteiger partial charge in [0, 0.05) is 6.04 Å². The highest BCUT2D eigenvalue weighted by Gasteiger charge is 2.18. The minimum absolute atomic E-state index is 0.659. The molecule has 0 amide bonds. The second-order valence-corrected chi connectivity index (χ2v) is 6.78. The first kappa shape index (κ1) is 20.9. The van der Waals surface area contributed by atoms with Crippen LogP contribution in [0.1, 0.15) is 54.9 Å². The molecule has 2 unspecified atom stereocenters. The molecule has 3 nitrogen and oxygen atoms in total. The van der Waals surface area contributed by atoms with Crippen molar-refractivity contribution < 1.29 is 0 Å². The molecule has 0 fully saturated rings. The van der Waals surface area contributed by atoms with E-state index in [1.165, 1.54) is 32.6 Å². The summed E-state index contributed by atoms with van der Waals surface area (Å²) in [4.78, 5) is 5.16. The summed E-state index contributed by atoms with van der Waals surface area (Å²) in [6.07, 6.45) is 1.28. The van der Waals surface area contributed by atoms with E-state index < -0.39 is 0 Å². The summed E-state index contributed by atoms with van der Waals surface area (Å²) in [5.41, 5.74) is 0. The van der Waals surface area contributed by atoms with E-state index in [-0.39, 0.29) is 0 Å². The molecule has 0 rings (SSSR count). The van der Waals surface area contributed by atoms with Crippen molar-refractivity contribution in [2.45, 2.75) is 60.9 Å². The van der Waals surface area contributed by atoms with E-state index in [1.807, 2.05) is 0 Å². The minimum atomic E-state index is 0.659. The van der Waals surface area contributed by atoms with Crippen LogP contribution in [-0.4, -0.2) is 61.7 Å². The maximum absolute atomic E-state index is 3.60. The molecule has 0 aliphatic heterocycles. The Kier molecular flexibility index (Phi) is 12.4. The second-order valence-electron chi connectivity index (χ2n) is 6.78. The van der Waals surface area contributed by atoms with Crippen LogP contribution in [0.4, 0.5) is 0 Å². The Morgan fingerprint density at radius 2 is 1.43 bits per heavy atom. The molecule has 0 aliphatic rings. The van der Waals surface area contributed by atoms with Crippen molar-refractivity contribution in [3.63, 3.8) is 0 Å². The van der Waals surface area contributed by atoms with Crippen LogP contribution in [0.15, 0.2) is 0 Å². The number of hydrogen-bond donors (Lipinski definition) is 1. The predicted octanol–water partition coefficient (Wildman–Crippen LogP) is 3.31. The van der Waals surface area contributed by atoms with Gasteiger partial charge in [-0.25, -0.2) is 0 Å². The van der Waals surface area contributed by atoms with Gasteiger partial charge in [-0.3, -0.25) is 0 Å². The molecule has 3 heteroatoms. The zero-order chi connectivity index (χ0) is 16.3. The van der Waals surface area contributed by atoms with Gasteiger partial charge in [0.15, 0.2) is 0 Å². The monoisotopic (exact) mass is 299 g/mol. The summed E-state index contributed by atoms with van der Waals surface area (Å²) in [7, 11) is 0. The Morgan fingerprint density at radius 1 is 0.810 bits per heavy atom. The summed E-state index contributed by atoms with van der Waals surface area (Å²) in [6.45, 7) is 24.3. The second kappa shape index (κ2) is 12.4. The van der Waals surface area contributed by atoms with Crippen molar-refractivity contribution in [1.82, 2.24) is 15.1 Å². The molecule has 0 aromatic rings. The standard InChI is InChI=1S/C18H41N3/c1-8-20(9-2)12-11-13-21(10-3)18(7)17(6)15-19-14-16(4)5/h16-19H,8-15H2,1-7H3. The van der Waals surface area contributed by atoms with Crippen LogP contribution < -0.4 is 5.32 Å². The first-order valence-corrected chi connectivity index (χ1v) is 9.13. The van der Waals surface area contributed by atoms with Gasteiger partial charge in [-0.05, 0) is 71.0 Å². The third-order valence-corrected chi connectivity index (χ3v) is 4.64. The smallest absolute Gasteiger partial charge is 0.0105 e. The molecule has 0 spiro atoms. The van der Waals surface area contributed by atoms with Crippen molar-refractivity contribution >= 4 is 0 Å². The first-order valence-electron chi connectivity index (χ1n) is 9.13. The topological polar surface area (TPSA) is 18.5 Å². The van der Waals surface area contributed by atoms with Crippen LogP contribution in [0.3, 0.4) is 0 Å². The predicted molar refractivity (Wildman–Crippen MR) is 96.0 cm³/mol. The molecule has 0 bridgehead atoms. The summed E-state index contributed by atoms with van der Waals surface area (Å²) in [5, 5.41) is 3.60. The Labute approximate surface area is 134 Å². The zero-order valence-electron chi connectivity index (χ0n) is 15.8. The fourth-order valence-electron chi connectivity index (χ4n) is 2.82. The van der Waals surface area contributed by atoms with E-state index in [0.29, 0.717) is 12.0 Å². The number of rotatable bonds is 13. The molecule has 1 N–H and O–H groups in total. The van der Waals surface area contributed by atoms with E-state index in [4.69, 9.17) is 0 Å². The maximum Gasteiger partial charge on any atom is 0.0105 e. The Balaban J connectivity index is 4.06. The molecule has 0 aromatic carbocycles. The van der Waals surface area contributed by atoms with E-state index in [2.05, 4.69) is 63.6 Å². The fourth-order valence-corrected chi connectivity index (χ4v) is 2.82.